The summed E-state index contributed by atoms with van der Waals surface area (Å²) < 4.78 is 10.3. The molecule has 4 nitrogen and oxygen atoms in total. The van der Waals surface area contributed by atoms with Crippen molar-refractivity contribution in [2.75, 3.05) is 7.11 Å². The minimum atomic E-state index is -0.438. The van der Waals surface area contributed by atoms with Crippen molar-refractivity contribution < 1.29 is 13.9 Å². The molecule has 0 atom stereocenters. The number of rotatable bonds is 2. The van der Waals surface area contributed by atoms with Crippen LogP contribution < -0.4 is 0 Å². The number of furan rings is 1. The number of ether oxygens (including phenoxy) is 1. The van der Waals surface area contributed by atoms with E-state index >= 15 is 0 Å². The van der Waals surface area contributed by atoms with E-state index < -0.39 is 5.97 Å². The predicted molar refractivity (Wildman–Crippen MR) is 77.4 cm³/mol. The van der Waals surface area contributed by atoms with Gasteiger partial charge in [-0.05, 0) is 18.2 Å². The highest BCUT2D eigenvalue weighted by Gasteiger charge is 2.14. The fourth-order valence-electron chi connectivity index (χ4n) is 1.93. The van der Waals surface area contributed by atoms with Crippen molar-refractivity contribution in [2.24, 2.45) is 0 Å². The van der Waals surface area contributed by atoms with Crippen LogP contribution in [0.2, 0.25) is 10.0 Å². The lowest BCUT2D eigenvalue weighted by Gasteiger charge is -1.99. The lowest BCUT2D eigenvalue weighted by atomic mass is 10.2. The lowest BCUT2D eigenvalue weighted by Crippen LogP contribution is -2.00. The SMILES string of the molecule is COC(=O)c1cc2oc(-c3ccc(Cl)c(Cl)c3)cc2[nH]1. The van der Waals surface area contributed by atoms with Crippen molar-refractivity contribution >= 4 is 40.3 Å². The van der Waals surface area contributed by atoms with Crippen LogP contribution in [0.1, 0.15) is 10.5 Å². The second kappa shape index (κ2) is 4.89. The molecule has 6 heteroatoms. The number of nitrogens with one attached hydrogen (secondary N) is 1. The normalized spacial score (nSPS) is 10.9. The van der Waals surface area contributed by atoms with Gasteiger partial charge in [0.1, 0.15) is 11.5 Å². The third-order valence-electron chi connectivity index (χ3n) is 2.92. The van der Waals surface area contributed by atoms with Crippen molar-refractivity contribution in [1.29, 1.82) is 0 Å². The van der Waals surface area contributed by atoms with Gasteiger partial charge in [0.15, 0.2) is 5.58 Å². The number of benzene rings is 1. The third-order valence-corrected chi connectivity index (χ3v) is 3.65. The second-order valence-corrected chi connectivity index (χ2v) is 5.01. The van der Waals surface area contributed by atoms with Crippen LogP contribution in [0.3, 0.4) is 0 Å². The molecular formula is C14H9Cl2NO3. The Bertz CT molecular complexity index is 772. The molecule has 20 heavy (non-hydrogen) atoms. The van der Waals surface area contributed by atoms with Gasteiger partial charge in [-0.2, -0.15) is 0 Å². The molecule has 3 rings (SSSR count). The van der Waals surface area contributed by atoms with E-state index in [1.165, 1.54) is 7.11 Å². The van der Waals surface area contributed by atoms with Gasteiger partial charge in [0, 0.05) is 17.7 Å². The summed E-state index contributed by atoms with van der Waals surface area (Å²) in [5.74, 6) is 0.203. The zero-order chi connectivity index (χ0) is 14.3. The number of carbonyl (C=O) groups excluding carboxylic acids is 1. The Morgan fingerprint density at radius 1 is 1.20 bits per heavy atom. The number of aromatic nitrogens is 1. The summed E-state index contributed by atoms with van der Waals surface area (Å²) in [7, 11) is 1.33. The molecule has 3 aromatic rings. The minimum Gasteiger partial charge on any atom is -0.464 e. The zero-order valence-electron chi connectivity index (χ0n) is 10.4. The van der Waals surface area contributed by atoms with Gasteiger partial charge in [0.2, 0.25) is 0 Å². The monoisotopic (exact) mass is 309 g/mol. The topological polar surface area (TPSA) is 55.2 Å². The lowest BCUT2D eigenvalue weighted by molar-refractivity contribution is 0.0595. The number of methoxy groups -OCH3 is 1. The first-order valence-electron chi connectivity index (χ1n) is 5.75. The second-order valence-electron chi connectivity index (χ2n) is 4.19. The molecule has 0 amide bonds. The van der Waals surface area contributed by atoms with Crippen LogP contribution in [0.4, 0.5) is 0 Å². The Hall–Kier alpha value is -1.91. The molecule has 0 spiro atoms. The van der Waals surface area contributed by atoms with Crippen LogP contribution in [-0.4, -0.2) is 18.1 Å². The molecule has 0 aliphatic heterocycles. The molecule has 0 aliphatic rings. The number of aromatic amines is 1. The quantitative estimate of drug-likeness (QED) is 0.708. The molecule has 0 radical (unpaired) electrons. The molecule has 0 saturated heterocycles. The van der Waals surface area contributed by atoms with E-state index in [0.29, 0.717) is 32.6 Å². The molecule has 2 aromatic heterocycles. The van der Waals surface area contributed by atoms with E-state index in [2.05, 4.69) is 9.72 Å². The Morgan fingerprint density at radius 2 is 2.00 bits per heavy atom. The van der Waals surface area contributed by atoms with E-state index in [1.807, 2.05) is 6.07 Å². The van der Waals surface area contributed by atoms with Crippen molar-refractivity contribution in [3.63, 3.8) is 0 Å². The molecule has 0 unspecified atom stereocenters. The van der Waals surface area contributed by atoms with Gasteiger partial charge in [-0.25, -0.2) is 4.79 Å². The van der Waals surface area contributed by atoms with Crippen LogP contribution in [0.25, 0.3) is 22.4 Å². The maximum Gasteiger partial charge on any atom is 0.354 e. The molecule has 0 bridgehead atoms. The van der Waals surface area contributed by atoms with Gasteiger partial charge < -0.3 is 14.1 Å². The summed E-state index contributed by atoms with van der Waals surface area (Å²) in [5, 5.41) is 0.944. The number of carbonyl (C=O) groups is 1. The van der Waals surface area contributed by atoms with Gasteiger partial charge in [0.25, 0.3) is 0 Å². The highest BCUT2D eigenvalue weighted by Crippen LogP contribution is 2.32. The fraction of sp³-hybridized carbons (Fsp3) is 0.0714. The van der Waals surface area contributed by atoms with E-state index in [9.17, 15) is 4.79 Å². The highest BCUT2D eigenvalue weighted by molar-refractivity contribution is 6.42. The maximum absolute atomic E-state index is 11.4. The Kier molecular flexibility index (Phi) is 3.20. The zero-order valence-corrected chi connectivity index (χ0v) is 11.9. The van der Waals surface area contributed by atoms with Gasteiger partial charge in [-0.15, -0.1) is 0 Å². The largest absolute Gasteiger partial charge is 0.464 e. The Morgan fingerprint density at radius 3 is 2.65 bits per heavy atom. The minimum absolute atomic E-state index is 0.349. The van der Waals surface area contributed by atoms with Gasteiger partial charge >= 0.3 is 5.97 Å². The first-order chi connectivity index (χ1) is 9.58. The van der Waals surface area contributed by atoms with Gasteiger partial charge in [-0.1, -0.05) is 23.2 Å². The Labute approximate surface area is 124 Å². The first-order valence-corrected chi connectivity index (χ1v) is 6.50. The standard InChI is InChI=1S/C14H9Cl2NO3/c1-19-14(18)11-6-13-10(17-11)5-12(20-13)7-2-3-8(15)9(16)4-7/h2-6,17H,1H3. The van der Waals surface area contributed by atoms with E-state index in [4.69, 9.17) is 27.6 Å². The molecule has 1 N–H and O–H groups in total. The molecule has 0 aliphatic carbocycles. The summed E-state index contributed by atoms with van der Waals surface area (Å²) in [6.07, 6.45) is 0. The molecular weight excluding hydrogens is 301 g/mol. The van der Waals surface area contributed by atoms with Crippen molar-refractivity contribution in [1.82, 2.24) is 4.98 Å². The van der Waals surface area contributed by atoms with Crippen molar-refractivity contribution in [3.05, 3.63) is 46.1 Å². The highest BCUT2D eigenvalue weighted by atomic mass is 35.5. The number of fused-ring (bicyclic) bond motifs is 1. The van der Waals surface area contributed by atoms with E-state index in [-0.39, 0.29) is 0 Å². The number of halogens is 2. The summed E-state index contributed by atoms with van der Waals surface area (Å²) >= 11 is 11.9. The average molecular weight is 310 g/mol. The van der Waals surface area contributed by atoms with E-state index in [0.717, 1.165) is 5.56 Å². The molecule has 0 fully saturated rings. The first kappa shape index (κ1) is 13.1. The van der Waals surface area contributed by atoms with Gasteiger partial charge in [0.05, 0.1) is 22.7 Å². The summed E-state index contributed by atoms with van der Waals surface area (Å²) in [6.45, 7) is 0. The smallest absolute Gasteiger partial charge is 0.354 e. The number of esters is 1. The molecule has 0 saturated carbocycles. The van der Waals surface area contributed by atoms with Crippen LogP contribution in [0.15, 0.2) is 34.7 Å². The summed E-state index contributed by atoms with van der Waals surface area (Å²) in [5.41, 5.74) is 2.45. The van der Waals surface area contributed by atoms with Crippen LogP contribution >= 0.6 is 23.2 Å². The third kappa shape index (κ3) is 2.17. The van der Waals surface area contributed by atoms with Crippen LogP contribution in [0, 0.1) is 0 Å². The van der Waals surface area contributed by atoms with Crippen molar-refractivity contribution in [2.45, 2.75) is 0 Å². The maximum atomic E-state index is 11.4. The Balaban J connectivity index is 2.03. The molecule has 102 valence electrons. The van der Waals surface area contributed by atoms with Crippen molar-refractivity contribution in [3.8, 4) is 11.3 Å². The van der Waals surface area contributed by atoms with Crippen LogP contribution in [-0.2, 0) is 4.74 Å². The molecule has 2 heterocycles. The predicted octanol–water partition coefficient (Wildman–Crippen LogP) is 4.52. The number of hydrogen-bond acceptors (Lipinski definition) is 3. The summed E-state index contributed by atoms with van der Waals surface area (Å²) in [6, 6.07) is 8.63. The summed E-state index contributed by atoms with van der Waals surface area (Å²) in [4.78, 5) is 14.3. The van der Waals surface area contributed by atoms with E-state index in [1.54, 1.807) is 24.3 Å². The fourth-order valence-corrected chi connectivity index (χ4v) is 2.23. The number of H-pyrrole nitrogens is 1. The average Bonchev–Trinajstić information content (AvgIpc) is 2.99. The number of hydrogen-bond donors (Lipinski definition) is 1. The molecule has 1 aromatic carbocycles. The van der Waals surface area contributed by atoms with Gasteiger partial charge in [-0.3, -0.25) is 0 Å². The van der Waals surface area contributed by atoms with Crippen LogP contribution in [0.5, 0.6) is 0 Å².